The normalized spacial score (nSPS) is 40.2. The van der Waals surface area contributed by atoms with Gasteiger partial charge in [-0.3, -0.25) is 9.59 Å². The Bertz CT molecular complexity index is 1060. The van der Waals surface area contributed by atoms with Crippen molar-refractivity contribution >= 4 is 48.4 Å². The van der Waals surface area contributed by atoms with Crippen LogP contribution in [0.1, 0.15) is 31.9 Å². The van der Waals surface area contributed by atoms with Crippen LogP contribution in [0.4, 0.5) is 0 Å². The quantitative estimate of drug-likeness (QED) is 0.574. The zero-order valence-corrected chi connectivity index (χ0v) is 18.5. The van der Waals surface area contributed by atoms with E-state index in [1.54, 1.807) is 37.9 Å². The number of halogens is 1. The highest BCUT2D eigenvalue weighted by molar-refractivity contribution is 9.10. The number of carbonyl (C=O) groups excluding carboxylic acids is 2. The molecule has 0 aromatic heterocycles. The molecule has 3 saturated heterocycles. The molecule has 0 radical (unpaired) electrons. The van der Waals surface area contributed by atoms with Gasteiger partial charge in [0, 0.05) is 24.0 Å². The van der Waals surface area contributed by atoms with Gasteiger partial charge in [0.05, 0.1) is 6.42 Å². The SMILES string of the molecule is [C-]#[N+][C@@]1(C)C[C@]23C(=O)N(C)C(C)(C(=O)N2[C@H]1c1cc2c(cc1Br)OCO2)[S@@]3=S. The Morgan fingerprint density at radius 1 is 1.29 bits per heavy atom. The lowest BCUT2D eigenvalue weighted by Crippen LogP contribution is -2.60. The highest BCUT2D eigenvalue weighted by Gasteiger charge is 2.82. The van der Waals surface area contributed by atoms with Crippen LogP contribution in [0.5, 0.6) is 11.5 Å². The molecule has 10 heteroatoms. The summed E-state index contributed by atoms with van der Waals surface area (Å²) < 4.78 is 11.6. The average Bonchev–Trinajstić information content (AvgIpc) is 3.30. The number of likely N-dealkylation sites (N-methyl/N-ethyl adjacent to an activating group) is 1. The van der Waals surface area contributed by atoms with Crippen molar-refractivity contribution in [1.29, 1.82) is 0 Å². The molecule has 1 aromatic carbocycles. The molecule has 2 bridgehead atoms. The fourth-order valence-electron chi connectivity index (χ4n) is 4.92. The lowest BCUT2D eigenvalue weighted by Gasteiger charge is -2.39. The van der Waals surface area contributed by atoms with Crippen LogP contribution in [-0.2, 0) is 30.2 Å². The minimum absolute atomic E-state index is 0.125. The number of ether oxygens (including phenoxy) is 2. The second-order valence-electron chi connectivity index (χ2n) is 7.85. The summed E-state index contributed by atoms with van der Waals surface area (Å²) in [7, 11) is 0.676. The molecule has 1 spiro atoms. The van der Waals surface area contributed by atoms with Crippen molar-refractivity contribution in [3.8, 4) is 11.5 Å². The summed E-state index contributed by atoms with van der Waals surface area (Å²) >= 11 is 9.36. The van der Waals surface area contributed by atoms with Crippen molar-refractivity contribution in [3.63, 3.8) is 0 Å². The molecular weight excluding hydrogens is 466 g/mol. The van der Waals surface area contributed by atoms with Gasteiger partial charge in [-0.15, -0.1) is 0 Å². The van der Waals surface area contributed by atoms with Crippen LogP contribution in [0.15, 0.2) is 16.6 Å². The Morgan fingerprint density at radius 2 is 1.93 bits per heavy atom. The van der Waals surface area contributed by atoms with Crippen LogP contribution in [0.25, 0.3) is 4.85 Å². The van der Waals surface area contributed by atoms with Gasteiger partial charge in [-0.25, -0.2) is 6.57 Å². The second-order valence-corrected chi connectivity index (χ2v) is 11.7. The molecule has 7 nitrogen and oxygen atoms in total. The lowest BCUT2D eigenvalue weighted by atomic mass is 9.87. The summed E-state index contributed by atoms with van der Waals surface area (Å²) in [5, 5.41) is 0. The maximum atomic E-state index is 13.6. The van der Waals surface area contributed by atoms with Crippen molar-refractivity contribution in [2.45, 2.75) is 41.6 Å². The smallest absolute Gasteiger partial charge is 0.261 e. The van der Waals surface area contributed by atoms with E-state index < -0.39 is 30.8 Å². The highest BCUT2D eigenvalue weighted by atomic mass is 79.9. The number of carbonyl (C=O) groups is 2. The van der Waals surface area contributed by atoms with Crippen molar-refractivity contribution in [2.75, 3.05) is 13.8 Å². The first-order valence-electron chi connectivity index (χ1n) is 8.64. The molecule has 0 saturated carbocycles. The van der Waals surface area contributed by atoms with Crippen LogP contribution in [-0.4, -0.2) is 50.7 Å². The van der Waals surface area contributed by atoms with E-state index in [1.807, 2.05) is 0 Å². The maximum Gasteiger partial charge on any atom is 0.261 e. The molecule has 4 aliphatic rings. The molecule has 4 aliphatic heterocycles. The largest absolute Gasteiger partial charge is 0.454 e. The molecule has 5 rings (SSSR count). The van der Waals surface area contributed by atoms with Gasteiger partial charge in [-0.1, -0.05) is 15.9 Å². The molecule has 5 atom stereocenters. The topological polar surface area (TPSA) is 63.4 Å². The molecule has 28 heavy (non-hydrogen) atoms. The summed E-state index contributed by atoms with van der Waals surface area (Å²) in [6.45, 7) is 11.6. The number of benzene rings is 1. The Labute approximate surface area is 177 Å². The predicted molar refractivity (Wildman–Crippen MR) is 108 cm³/mol. The maximum absolute atomic E-state index is 13.6. The zero-order chi connectivity index (χ0) is 20.2. The standard InChI is InChI=1S/C18H16BrN3O4S2/c1-16(20-3)7-18-15(24)21(4)17(2,28(18)27)14(23)22(18)13(16)9-5-11-12(6-10(9)19)26-8-25-11/h5-6,13H,7-8H2,1-2,4H3/t13-,16-,17?,18-,28-/m0/s1. The molecule has 0 N–H and O–H groups in total. The number of amides is 2. The third-order valence-electron chi connectivity index (χ3n) is 6.44. The Hall–Kier alpha value is -1.70. The number of fused-ring (bicyclic) bond motifs is 2. The van der Waals surface area contributed by atoms with E-state index in [4.69, 9.17) is 27.2 Å². The Balaban J connectivity index is 1.76. The molecule has 1 aromatic rings. The Kier molecular flexibility index (Phi) is 3.44. The van der Waals surface area contributed by atoms with E-state index in [0.29, 0.717) is 16.0 Å². The van der Waals surface area contributed by atoms with Gasteiger partial charge in [0.2, 0.25) is 6.79 Å². The van der Waals surface area contributed by atoms with E-state index in [1.165, 1.54) is 4.90 Å². The van der Waals surface area contributed by atoms with Gasteiger partial charge < -0.3 is 24.1 Å². The number of hydrogen-bond acceptors (Lipinski definition) is 5. The number of piperazine rings is 1. The molecule has 4 heterocycles. The van der Waals surface area contributed by atoms with Crippen LogP contribution in [0.2, 0.25) is 0 Å². The second kappa shape index (κ2) is 5.26. The highest BCUT2D eigenvalue weighted by Crippen LogP contribution is 2.64. The molecule has 3 fully saturated rings. The Morgan fingerprint density at radius 3 is 2.57 bits per heavy atom. The fourth-order valence-corrected chi connectivity index (χ4v) is 8.97. The van der Waals surface area contributed by atoms with Crippen molar-refractivity contribution in [1.82, 2.24) is 9.80 Å². The molecular formula is C18H16BrN3O4S2. The first-order valence-corrected chi connectivity index (χ1v) is 11.6. The van der Waals surface area contributed by atoms with Crippen molar-refractivity contribution in [2.24, 2.45) is 0 Å². The average molecular weight is 482 g/mol. The van der Waals surface area contributed by atoms with E-state index in [-0.39, 0.29) is 25.0 Å². The summed E-state index contributed by atoms with van der Waals surface area (Å²) in [4.78, 5) is 31.7. The van der Waals surface area contributed by atoms with Crippen molar-refractivity contribution in [3.05, 3.63) is 33.6 Å². The number of hydrogen-bond donors (Lipinski definition) is 0. The summed E-state index contributed by atoms with van der Waals surface area (Å²) in [6.07, 6.45) is 0.228. The van der Waals surface area contributed by atoms with Crippen LogP contribution in [0.3, 0.4) is 0 Å². The summed E-state index contributed by atoms with van der Waals surface area (Å²) in [5.41, 5.74) is -0.260. The van der Waals surface area contributed by atoms with E-state index in [9.17, 15) is 9.59 Å². The minimum atomic E-state index is -1.14. The van der Waals surface area contributed by atoms with Gasteiger partial charge in [0.25, 0.3) is 17.4 Å². The summed E-state index contributed by atoms with van der Waals surface area (Å²) in [5.74, 6) is 0.820. The molecule has 146 valence electrons. The number of rotatable bonds is 1. The van der Waals surface area contributed by atoms with Crippen LogP contribution < -0.4 is 9.47 Å². The van der Waals surface area contributed by atoms with E-state index in [0.717, 1.165) is 5.56 Å². The summed E-state index contributed by atoms with van der Waals surface area (Å²) in [6, 6.07) is 2.98. The van der Waals surface area contributed by atoms with Gasteiger partial charge in [-0.2, -0.15) is 0 Å². The predicted octanol–water partition coefficient (Wildman–Crippen LogP) is 2.11. The molecule has 2 amide bonds. The van der Waals surface area contributed by atoms with Crippen molar-refractivity contribution < 1.29 is 19.1 Å². The number of nitrogens with zero attached hydrogens (tertiary/aromatic N) is 3. The minimum Gasteiger partial charge on any atom is -0.454 e. The first kappa shape index (κ1) is 18.3. The van der Waals surface area contributed by atoms with Crippen LogP contribution >= 0.6 is 15.9 Å². The zero-order valence-electron chi connectivity index (χ0n) is 15.3. The van der Waals surface area contributed by atoms with Gasteiger partial charge >= 0.3 is 0 Å². The fraction of sp³-hybridized carbons (Fsp3) is 0.500. The molecule has 0 aliphatic carbocycles. The monoisotopic (exact) mass is 481 g/mol. The van der Waals surface area contributed by atoms with E-state index in [2.05, 4.69) is 20.8 Å². The third-order valence-corrected chi connectivity index (χ3v) is 11.2. The van der Waals surface area contributed by atoms with Gasteiger partial charge in [-0.05, 0) is 39.7 Å². The van der Waals surface area contributed by atoms with E-state index >= 15 is 0 Å². The first-order chi connectivity index (χ1) is 13.1. The third kappa shape index (κ3) is 1.73. The molecule has 1 unspecified atom stereocenters. The van der Waals surface area contributed by atoms with Gasteiger partial charge in [0.15, 0.2) is 21.2 Å². The van der Waals surface area contributed by atoms with Gasteiger partial charge in [0.1, 0.15) is 6.04 Å². The van der Waals surface area contributed by atoms with Crippen LogP contribution in [0, 0.1) is 6.57 Å². The lowest BCUT2D eigenvalue weighted by molar-refractivity contribution is -0.159.